The number of aromatic nitrogens is 4. The summed E-state index contributed by atoms with van der Waals surface area (Å²) in [5, 5.41) is 17.4. The summed E-state index contributed by atoms with van der Waals surface area (Å²) in [7, 11) is 5.55. The van der Waals surface area contributed by atoms with Crippen LogP contribution in [0.2, 0.25) is 0 Å². The molecule has 1 aliphatic carbocycles. The summed E-state index contributed by atoms with van der Waals surface area (Å²) in [6.07, 6.45) is 5.36. The number of nitrogens with zero attached hydrogens (tertiary/aromatic N) is 5. The molecule has 2 atom stereocenters. The van der Waals surface area contributed by atoms with Crippen molar-refractivity contribution in [1.29, 1.82) is 0 Å². The van der Waals surface area contributed by atoms with Gasteiger partial charge in [0.05, 0.1) is 12.8 Å². The molecule has 0 saturated heterocycles. The molecule has 0 unspecified atom stereocenters. The van der Waals surface area contributed by atoms with Gasteiger partial charge in [-0.1, -0.05) is 58.9 Å². The van der Waals surface area contributed by atoms with Crippen molar-refractivity contribution in [2.45, 2.75) is 76.5 Å². The molecule has 1 aliphatic rings. The molecule has 13 heteroatoms. The van der Waals surface area contributed by atoms with Gasteiger partial charge in [-0.25, -0.2) is 9.78 Å². The molecule has 3 aromatic heterocycles. The summed E-state index contributed by atoms with van der Waals surface area (Å²) in [5.41, 5.74) is 0.498. The molecule has 3 N–H and O–H groups in total. The number of hydrogen-bond donors (Lipinski definition) is 3. The van der Waals surface area contributed by atoms with E-state index in [9.17, 15) is 14.4 Å². The van der Waals surface area contributed by atoms with Crippen LogP contribution < -0.4 is 20.7 Å². The topological polar surface area (TPSA) is 152 Å². The number of rotatable bonds is 12. The minimum Gasteiger partial charge on any atom is -0.480 e. The Balaban J connectivity index is 1.39. The highest BCUT2D eigenvalue weighted by Crippen LogP contribution is 2.37. The van der Waals surface area contributed by atoms with Crippen LogP contribution in [0, 0.1) is 0 Å². The van der Waals surface area contributed by atoms with E-state index in [-0.39, 0.29) is 17.1 Å². The molecule has 3 heterocycles. The standard InChI is InChI=1S/C39H50N8O5/c1-36(2,3)31-20-25(19-29(42-31)33(49)40-22-38(6,7)46(8)9)41-35(50)43-39(23-48)18-17-30(27-13-11-12-14-28(27)39)52-26-15-16-32-44-45-34(47(32)21-26)37(4,5)24-51-10/h11-21,23,30H,22,24H2,1-10H3,(H,40,49)(H2,41,42,43,50)/t30-,39-/m1/s1. The predicted octanol–water partition coefficient (Wildman–Crippen LogP) is 5.32. The second-order valence-electron chi connectivity index (χ2n) is 15.8. The van der Waals surface area contributed by atoms with Crippen molar-refractivity contribution in [1.82, 2.24) is 35.1 Å². The zero-order chi connectivity index (χ0) is 38.1. The summed E-state index contributed by atoms with van der Waals surface area (Å²) in [6, 6.07) is 13.6. The molecule has 3 amide bonds. The van der Waals surface area contributed by atoms with Crippen molar-refractivity contribution in [3.8, 4) is 5.75 Å². The van der Waals surface area contributed by atoms with E-state index in [4.69, 9.17) is 9.47 Å². The third-order valence-corrected chi connectivity index (χ3v) is 9.48. The number of methoxy groups -OCH3 is 1. The summed E-state index contributed by atoms with van der Waals surface area (Å²) in [6.45, 7) is 14.9. The Labute approximate surface area is 305 Å². The molecule has 0 bridgehead atoms. The number of ether oxygens (including phenoxy) is 2. The van der Waals surface area contributed by atoms with E-state index in [0.29, 0.717) is 53.3 Å². The van der Waals surface area contributed by atoms with Gasteiger partial charge in [0, 0.05) is 47.0 Å². The number of aldehydes is 1. The number of carbonyl (C=O) groups is 3. The van der Waals surface area contributed by atoms with Crippen LogP contribution in [0.5, 0.6) is 5.75 Å². The monoisotopic (exact) mass is 710 g/mol. The summed E-state index contributed by atoms with van der Waals surface area (Å²) in [4.78, 5) is 46.5. The van der Waals surface area contributed by atoms with E-state index in [1.165, 1.54) is 6.07 Å². The van der Waals surface area contributed by atoms with Crippen molar-refractivity contribution in [3.63, 3.8) is 0 Å². The Morgan fingerprint density at radius 1 is 1.02 bits per heavy atom. The number of fused-ring (bicyclic) bond motifs is 2. The summed E-state index contributed by atoms with van der Waals surface area (Å²) >= 11 is 0. The van der Waals surface area contributed by atoms with Gasteiger partial charge in [0.25, 0.3) is 5.91 Å². The first-order valence-corrected chi connectivity index (χ1v) is 17.2. The molecule has 4 aromatic rings. The maximum Gasteiger partial charge on any atom is 0.320 e. The highest BCUT2D eigenvalue weighted by molar-refractivity contribution is 5.97. The van der Waals surface area contributed by atoms with Crippen LogP contribution in [-0.4, -0.2) is 82.6 Å². The SMILES string of the molecule is COCC(C)(C)c1nnc2ccc(O[C@@H]3C=C[C@](C=O)(NC(=O)Nc4cc(C(=O)NCC(C)(C)N(C)C)nc(C(C)(C)C)c4)c4ccccc43)cn12. The molecule has 0 spiro atoms. The van der Waals surface area contributed by atoms with Gasteiger partial charge in [-0.3, -0.25) is 14.0 Å². The second kappa shape index (κ2) is 14.5. The lowest BCUT2D eigenvalue weighted by Crippen LogP contribution is -2.49. The smallest absolute Gasteiger partial charge is 0.320 e. The van der Waals surface area contributed by atoms with Crippen molar-refractivity contribution >= 4 is 29.6 Å². The zero-order valence-electron chi connectivity index (χ0n) is 31.7. The van der Waals surface area contributed by atoms with E-state index < -0.39 is 28.5 Å². The van der Waals surface area contributed by atoms with Crippen LogP contribution in [0.15, 0.2) is 66.9 Å². The number of likely N-dealkylation sites (N-methyl/N-ethyl adjacent to an activating group) is 1. The Morgan fingerprint density at radius 2 is 1.75 bits per heavy atom. The lowest BCUT2D eigenvalue weighted by atomic mass is 9.81. The molecule has 276 valence electrons. The molecular formula is C39H50N8O5. The number of carbonyl (C=O) groups excluding carboxylic acids is 3. The third-order valence-electron chi connectivity index (χ3n) is 9.48. The van der Waals surface area contributed by atoms with Gasteiger partial charge in [0.1, 0.15) is 28.9 Å². The molecule has 0 aliphatic heterocycles. The van der Waals surface area contributed by atoms with Gasteiger partial charge in [-0.05, 0) is 69.9 Å². The average Bonchev–Trinajstić information content (AvgIpc) is 3.52. The molecule has 1 aromatic carbocycles. The molecule has 5 rings (SSSR count). The molecule has 0 fully saturated rings. The number of hydrogen-bond acceptors (Lipinski definition) is 9. The molecule has 0 radical (unpaired) electrons. The minimum absolute atomic E-state index is 0.171. The minimum atomic E-state index is -1.49. The molecule has 52 heavy (non-hydrogen) atoms. The van der Waals surface area contributed by atoms with Crippen molar-refractivity contribution in [2.24, 2.45) is 0 Å². The Kier molecular flexibility index (Phi) is 10.6. The first kappa shape index (κ1) is 38.1. The zero-order valence-corrected chi connectivity index (χ0v) is 31.7. The maximum absolute atomic E-state index is 13.7. The van der Waals surface area contributed by atoms with E-state index in [1.54, 1.807) is 37.5 Å². The number of pyridine rings is 2. The van der Waals surface area contributed by atoms with E-state index in [1.807, 2.05) is 102 Å². The summed E-state index contributed by atoms with van der Waals surface area (Å²) in [5.74, 6) is 0.935. The average molecular weight is 711 g/mol. The van der Waals surface area contributed by atoms with E-state index in [2.05, 4.69) is 31.1 Å². The van der Waals surface area contributed by atoms with Crippen molar-refractivity contribution in [3.05, 3.63) is 95.2 Å². The van der Waals surface area contributed by atoms with Crippen LogP contribution in [-0.2, 0) is 25.9 Å². The number of urea groups is 1. The number of nitrogens with one attached hydrogen (secondary N) is 3. The Morgan fingerprint density at radius 3 is 2.42 bits per heavy atom. The Hall–Kier alpha value is -5.14. The van der Waals surface area contributed by atoms with Gasteiger partial charge in [-0.2, -0.15) is 0 Å². The largest absolute Gasteiger partial charge is 0.480 e. The van der Waals surface area contributed by atoms with Gasteiger partial charge >= 0.3 is 6.03 Å². The second-order valence-corrected chi connectivity index (χ2v) is 15.8. The lowest BCUT2D eigenvalue weighted by molar-refractivity contribution is -0.111. The van der Waals surface area contributed by atoms with Gasteiger partial charge in [0.2, 0.25) is 0 Å². The first-order valence-electron chi connectivity index (χ1n) is 17.2. The number of anilines is 1. The normalized spacial score (nSPS) is 17.5. The predicted molar refractivity (Wildman–Crippen MR) is 200 cm³/mol. The third kappa shape index (κ3) is 8.00. The quantitative estimate of drug-likeness (QED) is 0.131. The fourth-order valence-electron chi connectivity index (χ4n) is 5.87. The van der Waals surface area contributed by atoms with E-state index >= 15 is 0 Å². The van der Waals surface area contributed by atoms with Crippen LogP contribution in [0.1, 0.15) is 87.7 Å². The highest BCUT2D eigenvalue weighted by atomic mass is 16.5. The number of benzene rings is 1. The van der Waals surface area contributed by atoms with E-state index in [0.717, 1.165) is 5.82 Å². The fourth-order valence-corrected chi connectivity index (χ4v) is 5.87. The lowest BCUT2D eigenvalue weighted by Gasteiger charge is -2.34. The molecule has 0 saturated carbocycles. The van der Waals surface area contributed by atoms with Crippen molar-refractivity contribution in [2.75, 3.05) is 39.7 Å². The van der Waals surface area contributed by atoms with Crippen molar-refractivity contribution < 1.29 is 23.9 Å². The Bertz CT molecular complexity index is 1990. The van der Waals surface area contributed by atoms with Gasteiger partial charge < -0.3 is 30.3 Å². The highest BCUT2D eigenvalue weighted by Gasteiger charge is 2.39. The van der Waals surface area contributed by atoms with Crippen LogP contribution >= 0.6 is 0 Å². The van der Waals surface area contributed by atoms with Crippen LogP contribution in [0.3, 0.4) is 0 Å². The van der Waals surface area contributed by atoms with Gasteiger partial charge in [-0.15, -0.1) is 10.2 Å². The fraction of sp³-hybridized carbons (Fsp3) is 0.436. The molecular weight excluding hydrogens is 660 g/mol. The number of amides is 3. The van der Waals surface area contributed by atoms with Crippen LogP contribution in [0.4, 0.5) is 10.5 Å². The maximum atomic E-state index is 13.7. The summed E-state index contributed by atoms with van der Waals surface area (Å²) < 4.78 is 13.8. The van der Waals surface area contributed by atoms with Gasteiger partial charge in [0.15, 0.2) is 11.9 Å². The first-order chi connectivity index (χ1) is 24.4. The molecule has 13 nitrogen and oxygen atoms in total. The van der Waals surface area contributed by atoms with Crippen LogP contribution in [0.25, 0.3) is 5.65 Å².